The molecule has 2 aromatic rings. The number of aliphatic hydroxyl groups excluding tert-OH is 1. The number of nitrogens with zero attached hydrogens (tertiary/aromatic N) is 3. The predicted octanol–water partition coefficient (Wildman–Crippen LogP) is 0.729. The van der Waals surface area contributed by atoms with E-state index in [1.54, 1.807) is 18.1 Å². The number of halogens is 1. The zero-order chi connectivity index (χ0) is 20.7. The second-order valence-corrected chi connectivity index (χ2v) is 8.57. The van der Waals surface area contributed by atoms with E-state index in [2.05, 4.69) is 0 Å². The molecule has 0 aromatic carbocycles. The zero-order valence-electron chi connectivity index (χ0n) is 16.0. The average molecular weight is 419 g/mol. The number of pyridine rings is 1. The van der Waals surface area contributed by atoms with Gasteiger partial charge in [-0.2, -0.15) is 0 Å². The number of aryl methyl sites for hydroxylation is 1. The van der Waals surface area contributed by atoms with E-state index in [0.29, 0.717) is 31.5 Å². The summed E-state index contributed by atoms with van der Waals surface area (Å²) in [5, 5.41) is 11.6. The summed E-state index contributed by atoms with van der Waals surface area (Å²) in [5.74, 6) is -0.553. The molecule has 2 atom stereocenters. The van der Waals surface area contributed by atoms with Gasteiger partial charge in [-0.1, -0.05) is 6.07 Å². The van der Waals surface area contributed by atoms with E-state index in [4.69, 9.17) is 0 Å². The number of hydrogen-bond acceptors (Lipinski definition) is 5. The molecule has 0 unspecified atom stereocenters. The minimum absolute atomic E-state index is 0.00256. The number of carbonyl (C=O) groups is 2. The monoisotopic (exact) mass is 419 g/mol. The summed E-state index contributed by atoms with van der Waals surface area (Å²) in [7, 11) is 1.56. The van der Waals surface area contributed by atoms with Gasteiger partial charge in [0, 0.05) is 37.8 Å². The standard InChI is InChI=1S/C20H22FN3O4S/c1-22-8-12-9-23(17(26)7-13-3-2-6-29-13)5-4-14(12)18(19(22)27)20(28)24-10-15(21)16(25)11-24/h2-3,6,8,15-16,25H,4-5,7,9-11H2,1H3/t15-,16-/m1/s1. The molecule has 2 aliphatic heterocycles. The van der Waals surface area contributed by atoms with Gasteiger partial charge in [-0.15, -0.1) is 11.3 Å². The fourth-order valence-corrected chi connectivity index (χ4v) is 4.66. The highest BCUT2D eigenvalue weighted by molar-refractivity contribution is 7.10. The van der Waals surface area contributed by atoms with Crippen molar-refractivity contribution in [1.29, 1.82) is 0 Å². The van der Waals surface area contributed by atoms with Crippen LogP contribution >= 0.6 is 11.3 Å². The summed E-state index contributed by atoms with van der Waals surface area (Å²) >= 11 is 1.53. The normalized spacial score (nSPS) is 21.3. The Morgan fingerprint density at radius 1 is 1.31 bits per heavy atom. The van der Waals surface area contributed by atoms with Crippen LogP contribution in [0.5, 0.6) is 0 Å². The fourth-order valence-electron chi connectivity index (χ4n) is 3.97. The van der Waals surface area contributed by atoms with Crippen molar-refractivity contribution in [1.82, 2.24) is 14.4 Å². The summed E-state index contributed by atoms with van der Waals surface area (Å²) < 4.78 is 15.0. The van der Waals surface area contributed by atoms with Crippen molar-refractivity contribution < 1.29 is 19.1 Å². The summed E-state index contributed by atoms with van der Waals surface area (Å²) in [6.45, 7) is 0.387. The Kier molecular flexibility index (Phi) is 5.26. The summed E-state index contributed by atoms with van der Waals surface area (Å²) in [6.07, 6.45) is -0.359. The highest BCUT2D eigenvalue weighted by Gasteiger charge is 2.37. The van der Waals surface area contributed by atoms with Gasteiger partial charge in [0.15, 0.2) is 0 Å². The first-order valence-electron chi connectivity index (χ1n) is 9.48. The van der Waals surface area contributed by atoms with Crippen LogP contribution in [0.25, 0.3) is 0 Å². The first-order chi connectivity index (χ1) is 13.8. The number of aliphatic hydroxyl groups is 1. The number of β-amino-alcohol motifs (C(OH)–C–C–N with tert-alkyl or cyclic N) is 1. The van der Waals surface area contributed by atoms with Crippen molar-refractivity contribution in [2.24, 2.45) is 7.05 Å². The van der Waals surface area contributed by atoms with Gasteiger partial charge in [0.2, 0.25) is 5.91 Å². The molecule has 1 N–H and O–H groups in total. The zero-order valence-corrected chi connectivity index (χ0v) is 16.8. The third-order valence-corrected chi connectivity index (χ3v) is 6.42. The van der Waals surface area contributed by atoms with E-state index < -0.39 is 23.7 Å². The van der Waals surface area contributed by atoms with Crippen molar-refractivity contribution in [2.75, 3.05) is 19.6 Å². The molecule has 4 rings (SSSR count). The first-order valence-corrected chi connectivity index (χ1v) is 10.4. The first kappa shape index (κ1) is 19.8. The van der Waals surface area contributed by atoms with Gasteiger partial charge in [0.05, 0.1) is 13.0 Å². The largest absolute Gasteiger partial charge is 0.388 e. The lowest BCUT2D eigenvalue weighted by molar-refractivity contribution is -0.131. The van der Waals surface area contributed by atoms with Crippen molar-refractivity contribution >= 4 is 23.2 Å². The van der Waals surface area contributed by atoms with E-state index in [9.17, 15) is 23.9 Å². The second kappa shape index (κ2) is 7.72. The molecule has 2 aliphatic rings. The van der Waals surface area contributed by atoms with Crippen LogP contribution in [0.2, 0.25) is 0 Å². The molecular weight excluding hydrogens is 397 g/mol. The van der Waals surface area contributed by atoms with Crippen LogP contribution < -0.4 is 5.56 Å². The summed E-state index contributed by atoms with van der Waals surface area (Å²) in [6, 6.07) is 3.83. The summed E-state index contributed by atoms with van der Waals surface area (Å²) in [4.78, 5) is 42.2. The van der Waals surface area contributed by atoms with Crippen LogP contribution in [-0.2, 0) is 31.2 Å². The van der Waals surface area contributed by atoms with Crippen LogP contribution in [-0.4, -0.2) is 63.2 Å². The van der Waals surface area contributed by atoms with E-state index in [1.165, 1.54) is 20.8 Å². The lowest BCUT2D eigenvalue weighted by Crippen LogP contribution is -2.42. The maximum atomic E-state index is 13.7. The number of amides is 2. The summed E-state index contributed by atoms with van der Waals surface area (Å²) in [5.41, 5.74) is 0.952. The molecule has 0 spiro atoms. The molecule has 1 fully saturated rings. The maximum absolute atomic E-state index is 13.7. The Hall–Kier alpha value is -2.52. The lowest BCUT2D eigenvalue weighted by Gasteiger charge is -2.31. The van der Waals surface area contributed by atoms with E-state index in [0.717, 1.165) is 10.4 Å². The third-order valence-electron chi connectivity index (χ3n) is 5.55. The number of fused-ring (bicyclic) bond motifs is 1. The fraction of sp³-hybridized carbons (Fsp3) is 0.450. The van der Waals surface area contributed by atoms with E-state index in [1.807, 2.05) is 17.5 Å². The minimum atomic E-state index is -1.51. The molecule has 29 heavy (non-hydrogen) atoms. The highest BCUT2D eigenvalue weighted by Crippen LogP contribution is 2.24. The Morgan fingerprint density at radius 2 is 2.10 bits per heavy atom. The average Bonchev–Trinajstić information content (AvgIpc) is 3.32. The maximum Gasteiger partial charge on any atom is 0.263 e. The number of carbonyl (C=O) groups excluding carboxylic acids is 2. The Bertz CT molecular complexity index is 994. The van der Waals surface area contributed by atoms with Crippen molar-refractivity contribution in [3.05, 3.63) is 55.6 Å². The van der Waals surface area contributed by atoms with Crippen LogP contribution in [0.4, 0.5) is 4.39 Å². The minimum Gasteiger partial charge on any atom is -0.388 e. The van der Waals surface area contributed by atoms with Gasteiger partial charge >= 0.3 is 0 Å². The van der Waals surface area contributed by atoms with E-state index >= 15 is 0 Å². The molecule has 0 radical (unpaired) electrons. The Morgan fingerprint density at radius 3 is 2.76 bits per heavy atom. The van der Waals surface area contributed by atoms with Crippen LogP contribution in [0.3, 0.4) is 0 Å². The molecule has 7 nitrogen and oxygen atoms in total. The van der Waals surface area contributed by atoms with Crippen molar-refractivity contribution in [3.8, 4) is 0 Å². The Labute approximate surface area is 171 Å². The molecule has 4 heterocycles. The molecule has 1 saturated heterocycles. The molecule has 2 amide bonds. The quantitative estimate of drug-likeness (QED) is 0.795. The number of alkyl halides is 1. The SMILES string of the molecule is Cn1cc2c(c(C(=O)N3C[C@@H](O)[C@H](F)C3)c1=O)CCN(C(=O)Cc1cccs1)C2. The molecule has 9 heteroatoms. The second-order valence-electron chi connectivity index (χ2n) is 7.54. The molecule has 0 aliphatic carbocycles. The van der Waals surface area contributed by atoms with Gasteiger partial charge < -0.3 is 19.5 Å². The Balaban J connectivity index is 1.60. The predicted molar refractivity (Wildman–Crippen MR) is 106 cm³/mol. The molecule has 154 valence electrons. The van der Waals surface area contributed by atoms with Crippen LogP contribution in [0, 0.1) is 0 Å². The van der Waals surface area contributed by atoms with Crippen LogP contribution in [0.15, 0.2) is 28.5 Å². The smallest absolute Gasteiger partial charge is 0.263 e. The van der Waals surface area contributed by atoms with Crippen LogP contribution in [0.1, 0.15) is 26.4 Å². The van der Waals surface area contributed by atoms with Crippen molar-refractivity contribution in [2.45, 2.75) is 31.7 Å². The number of likely N-dealkylation sites (tertiary alicyclic amines) is 1. The van der Waals surface area contributed by atoms with Gasteiger partial charge in [-0.25, -0.2) is 4.39 Å². The molecule has 0 bridgehead atoms. The lowest BCUT2D eigenvalue weighted by atomic mass is 9.95. The number of aromatic nitrogens is 1. The molecular formula is C20H22FN3O4S. The molecule has 2 aromatic heterocycles. The highest BCUT2D eigenvalue weighted by atomic mass is 32.1. The van der Waals surface area contributed by atoms with Gasteiger partial charge in [0.1, 0.15) is 17.8 Å². The third kappa shape index (κ3) is 3.72. The molecule has 0 saturated carbocycles. The van der Waals surface area contributed by atoms with Gasteiger partial charge in [0.25, 0.3) is 11.5 Å². The van der Waals surface area contributed by atoms with Gasteiger partial charge in [-0.3, -0.25) is 14.4 Å². The number of rotatable bonds is 3. The number of thiophene rings is 1. The van der Waals surface area contributed by atoms with E-state index in [-0.39, 0.29) is 24.6 Å². The topological polar surface area (TPSA) is 82.8 Å². The van der Waals surface area contributed by atoms with Crippen molar-refractivity contribution in [3.63, 3.8) is 0 Å². The number of hydrogen-bond donors (Lipinski definition) is 1. The van der Waals surface area contributed by atoms with Gasteiger partial charge in [-0.05, 0) is 29.0 Å².